The first-order valence-corrected chi connectivity index (χ1v) is 9.83. The summed E-state index contributed by atoms with van der Waals surface area (Å²) in [6.07, 6.45) is 10.7. The molecule has 0 aromatic heterocycles. The Bertz CT molecular complexity index is 651. The van der Waals surface area contributed by atoms with E-state index in [1.54, 1.807) is 12.2 Å². The Kier molecular flexibility index (Phi) is 3.85. The van der Waals surface area contributed by atoms with Gasteiger partial charge < -0.3 is 5.11 Å². The highest BCUT2D eigenvalue weighted by atomic mass is 32.1. The quantitative estimate of drug-likeness (QED) is 0.755. The fourth-order valence-corrected chi connectivity index (χ4v) is 6.70. The van der Waals surface area contributed by atoms with Crippen LogP contribution in [0.25, 0.3) is 0 Å². The molecule has 0 saturated heterocycles. The van der Waals surface area contributed by atoms with E-state index in [2.05, 4.69) is 19.6 Å². The second-order valence-corrected chi connectivity index (χ2v) is 8.76. The van der Waals surface area contributed by atoms with Crippen molar-refractivity contribution < 1.29 is 14.7 Å². The van der Waals surface area contributed by atoms with Crippen molar-refractivity contribution in [1.29, 1.82) is 0 Å². The van der Waals surface area contributed by atoms with Crippen molar-refractivity contribution in [3.8, 4) is 0 Å². The molecule has 0 spiro atoms. The molecule has 0 amide bonds. The number of fused-ring (bicyclic) bond motifs is 5. The number of carbonyl (C=O) groups excluding carboxylic acids is 2. The third-order valence-electron chi connectivity index (χ3n) is 7.63. The summed E-state index contributed by atoms with van der Waals surface area (Å²) >= 11 is 4.22. The fourth-order valence-electron chi connectivity index (χ4n) is 6.48. The van der Waals surface area contributed by atoms with Gasteiger partial charge in [-0.15, -0.1) is 0 Å². The molecule has 130 valence electrons. The Balaban J connectivity index is 1.66. The molecule has 0 aromatic rings. The molecule has 3 nitrogen and oxygen atoms in total. The minimum atomic E-state index is -0.941. The largest absolute Gasteiger partial charge is 0.381 e. The number of ketones is 2. The maximum absolute atomic E-state index is 12.4. The predicted molar refractivity (Wildman–Crippen MR) is 95.8 cm³/mol. The Hall–Kier alpha value is -0.870. The van der Waals surface area contributed by atoms with Crippen molar-refractivity contribution in [1.82, 2.24) is 0 Å². The van der Waals surface area contributed by atoms with E-state index < -0.39 is 5.60 Å². The number of rotatable bonds is 2. The van der Waals surface area contributed by atoms with Crippen molar-refractivity contribution in [3.05, 3.63) is 23.8 Å². The number of allylic oxidation sites excluding steroid dienone is 2. The topological polar surface area (TPSA) is 54.4 Å². The molecule has 0 aliphatic heterocycles. The molecule has 0 radical (unpaired) electrons. The number of thiol groups is 1. The number of hydrogen-bond acceptors (Lipinski definition) is 4. The smallest absolute Gasteiger partial charge is 0.178 e. The van der Waals surface area contributed by atoms with Crippen LogP contribution in [0.1, 0.15) is 45.4 Å². The van der Waals surface area contributed by atoms with Gasteiger partial charge in [-0.2, -0.15) is 12.6 Å². The van der Waals surface area contributed by atoms with Crippen LogP contribution in [-0.4, -0.2) is 28.0 Å². The third kappa shape index (κ3) is 2.15. The summed E-state index contributed by atoms with van der Waals surface area (Å²) in [5, 5.41) is 11.3. The van der Waals surface area contributed by atoms with E-state index in [4.69, 9.17) is 0 Å². The number of aliphatic hydroxyl groups is 1. The molecule has 1 N–H and O–H groups in total. The van der Waals surface area contributed by atoms with Gasteiger partial charge >= 0.3 is 0 Å². The Morgan fingerprint density at radius 1 is 1.29 bits per heavy atom. The lowest BCUT2D eigenvalue weighted by atomic mass is 9.50. The van der Waals surface area contributed by atoms with E-state index in [9.17, 15) is 14.7 Å². The van der Waals surface area contributed by atoms with Crippen LogP contribution in [0.15, 0.2) is 23.8 Å². The molecule has 0 heterocycles. The van der Waals surface area contributed by atoms with Gasteiger partial charge in [0.15, 0.2) is 5.78 Å². The monoisotopic (exact) mass is 346 g/mol. The molecular formula is C20H26O3S. The zero-order chi connectivity index (χ0) is 17.1. The van der Waals surface area contributed by atoms with Gasteiger partial charge in [0.25, 0.3) is 0 Å². The normalized spacial score (nSPS) is 46.8. The molecule has 4 aliphatic carbocycles. The molecule has 3 fully saturated rings. The molecule has 0 aromatic carbocycles. The third-order valence-corrected chi connectivity index (χ3v) is 7.94. The summed E-state index contributed by atoms with van der Waals surface area (Å²) in [6.45, 7) is 2.29. The molecule has 3 saturated carbocycles. The highest BCUT2D eigenvalue weighted by molar-refractivity contribution is 7.81. The van der Waals surface area contributed by atoms with Gasteiger partial charge in [-0.1, -0.05) is 6.92 Å². The minimum Gasteiger partial charge on any atom is -0.381 e. The number of Topliss-reactive ketones (excluding diaryl/α,β-unsaturated/α-hetero) is 1. The van der Waals surface area contributed by atoms with E-state index in [0.29, 0.717) is 23.4 Å². The zero-order valence-electron chi connectivity index (χ0n) is 14.2. The summed E-state index contributed by atoms with van der Waals surface area (Å²) < 4.78 is 0. The lowest BCUT2D eigenvalue weighted by Gasteiger charge is -2.55. The van der Waals surface area contributed by atoms with Gasteiger partial charge in [0.1, 0.15) is 11.4 Å². The van der Waals surface area contributed by atoms with Crippen molar-refractivity contribution >= 4 is 24.2 Å². The first kappa shape index (κ1) is 16.6. The van der Waals surface area contributed by atoms with Crippen LogP contribution in [0.3, 0.4) is 0 Å². The summed E-state index contributed by atoms with van der Waals surface area (Å²) in [6, 6.07) is 0. The minimum absolute atomic E-state index is 0.00548. The van der Waals surface area contributed by atoms with Crippen molar-refractivity contribution in [2.45, 2.75) is 51.0 Å². The van der Waals surface area contributed by atoms with Crippen LogP contribution < -0.4 is 0 Å². The maximum atomic E-state index is 12.4. The highest BCUT2D eigenvalue weighted by Crippen LogP contribution is 2.64. The van der Waals surface area contributed by atoms with Crippen LogP contribution in [0.4, 0.5) is 0 Å². The summed E-state index contributed by atoms with van der Waals surface area (Å²) in [7, 11) is 0. The van der Waals surface area contributed by atoms with E-state index >= 15 is 0 Å². The highest BCUT2D eigenvalue weighted by Gasteiger charge is 2.60. The lowest BCUT2D eigenvalue weighted by Crippen LogP contribution is -2.54. The average molecular weight is 346 g/mol. The van der Waals surface area contributed by atoms with Gasteiger partial charge in [0.05, 0.1) is 0 Å². The van der Waals surface area contributed by atoms with Gasteiger partial charge in [-0.05, 0) is 85.5 Å². The Morgan fingerprint density at radius 2 is 2.08 bits per heavy atom. The first-order valence-electron chi connectivity index (χ1n) is 9.20. The maximum Gasteiger partial charge on any atom is 0.178 e. The summed E-state index contributed by atoms with van der Waals surface area (Å²) in [5.41, 5.74) is 0.0251. The van der Waals surface area contributed by atoms with Crippen LogP contribution in [0.2, 0.25) is 0 Å². The van der Waals surface area contributed by atoms with Crippen molar-refractivity contribution in [2.24, 2.45) is 29.1 Å². The zero-order valence-corrected chi connectivity index (χ0v) is 15.1. The van der Waals surface area contributed by atoms with Crippen LogP contribution in [-0.2, 0) is 9.59 Å². The summed E-state index contributed by atoms with van der Waals surface area (Å²) in [4.78, 5) is 24.1. The van der Waals surface area contributed by atoms with Gasteiger partial charge in [0, 0.05) is 11.7 Å². The van der Waals surface area contributed by atoms with E-state index in [-0.39, 0.29) is 23.0 Å². The van der Waals surface area contributed by atoms with Crippen molar-refractivity contribution in [2.75, 3.05) is 5.75 Å². The standard InChI is InChI=1S/C20H26O3S/c1-19-8-7-16-14(15(19)4-5-17(19)18(22)11-24)3-2-12-10-13(21)6-9-20(12,16)23/h6,9-10,14-17,23-24H,2-5,7-8,11H2,1H3. The van der Waals surface area contributed by atoms with Crippen LogP contribution >= 0.6 is 12.6 Å². The second kappa shape index (κ2) is 5.57. The van der Waals surface area contributed by atoms with Crippen LogP contribution in [0.5, 0.6) is 0 Å². The molecule has 6 unspecified atom stereocenters. The van der Waals surface area contributed by atoms with E-state index in [1.807, 2.05) is 0 Å². The SMILES string of the molecule is CC12CCC3C(CCC4=CC(=O)C=CC43O)C1CCC2C(=O)CS. The Morgan fingerprint density at radius 3 is 2.83 bits per heavy atom. The number of hydrogen-bond donors (Lipinski definition) is 2. The van der Waals surface area contributed by atoms with E-state index in [0.717, 1.165) is 44.1 Å². The van der Waals surface area contributed by atoms with Gasteiger partial charge in [-0.25, -0.2) is 0 Å². The van der Waals surface area contributed by atoms with Crippen molar-refractivity contribution in [3.63, 3.8) is 0 Å². The van der Waals surface area contributed by atoms with Gasteiger partial charge in [0.2, 0.25) is 0 Å². The van der Waals surface area contributed by atoms with Crippen LogP contribution in [0, 0.1) is 29.1 Å². The molecule has 4 aliphatic rings. The average Bonchev–Trinajstić information content (AvgIpc) is 2.92. The van der Waals surface area contributed by atoms with Gasteiger partial charge in [-0.3, -0.25) is 9.59 Å². The first-order chi connectivity index (χ1) is 11.4. The Labute approximate surface area is 149 Å². The second-order valence-electron chi connectivity index (χ2n) is 8.44. The predicted octanol–water partition coefficient (Wildman–Crippen LogP) is 3.13. The van der Waals surface area contributed by atoms with E-state index in [1.165, 1.54) is 6.08 Å². The molecule has 4 rings (SSSR count). The number of carbonyl (C=O) groups is 2. The molecule has 24 heavy (non-hydrogen) atoms. The lowest BCUT2D eigenvalue weighted by molar-refractivity contribution is -0.128. The molecule has 4 heteroatoms. The molecule has 0 bridgehead atoms. The molecular weight excluding hydrogens is 320 g/mol. The summed E-state index contributed by atoms with van der Waals surface area (Å²) in [5.74, 6) is 1.89. The molecule has 6 atom stereocenters. The fraction of sp³-hybridized carbons (Fsp3) is 0.700.